The summed E-state index contributed by atoms with van der Waals surface area (Å²) in [4.78, 5) is 11.7. The zero-order valence-corrected chi connectivity index (χ0v) is 10.9. The maximum atomic E-state index is 11.7. The summed E-state index contributed by atoms with van der Waals surface area (Å²) >= 11 is 0. The fourth-order valence-electron chi connectivity index (χ4n) is 3.10. The van der Waals surface area contributed by atoms with E-state index < -0.39 is 5.60 Å². The lowest BCUT2D eigenvalue weighted by atomic mass is 9.66. The van der Waals surface area contributed by atoms with Crippen molar-refractivity contribution in [2.24, 2.45) is 11.8 Å². The Kier molecular flexibility index (Phi) is 3.34. The summed E-state index contributed by atoms with van der Waals surface area (Å²) in [6.45, 7) is 5.57. The minimum absolute atomic E-state index is 0.0901. The van der Waals surface area contributed by atoms with Crippen molar-refractivity contribution in [2.75, 3.05) is 0 Å². The van der Waals surface area contributed by atoms with Crippen LogP contribution in [0.5, 0.6) is 0 Å². The van der Waals surface area contributed by atoms with Gasteiger partial charge in [-0.25, -0.2) is 4.79 Å². The monoisotopic (exact) mass is 241 g/mol. The van der Waals surface area contributed by atoms with Crippen LogP contribution in [0, 0.1) is 11.8 Å². The van der Waals surface area contributed by atoms with Crippen LogP contribution < -0.4 is 5.32 Å². The van der Waals surface area contributed by atoms with E-state index in [2.05, 4.69) is 5.32 Å². The van der Waals surface area contributed by atoms with Crippen LogP contribution >= 0.6 is 0 Å². The second-order valence-electron chi connectivity index (χ2n) is 6.40. The predicted octanol–water partition coefficient (Wildman–Crippen LogP) is 2.06. The molecule has 0 radical (unpaired) electrons. The first-order chi connectivity index (χ1) is 7.85. The van der Waals surface area contributed by atoms with Crippen molar-refractivity contribution in [2.45, 2.75) is 64.2 Å². The van der Waals surface area contributed by atoms with Crippen molar-refractivity contribution in [3.8, 4) is 0 Å². The summed E-state index contributed by atoms with van der Waals surface area (Å²) in [5.41, 5.74) is -0.462. The van der Waals surface area contributed by atoms with E-state index in [9.17, 15) is 9.90 Å². The minimum Gasteiger partial charge on any atom is -0.444 e. The molecule has 3 aliphatic carbocycles. The zero-order valence-electron chi connectivity index (χ0n) is 10.9. The minimum atomic E-state index is -0.462. The lowest BCUT2D eigenvalue weighted by Crippen LogP contribution is -2.53. The molecular formula is C13H23NO3. The van der Waals surface area contributed by atoms with Crippen LogP contribution in [0.3, 0.4) is 0 Å². The number of aliphatic hydroxyl groups excluding tert-OH is 1. The highest BCUT2D eigenvalue weighted by Gasteiger charge is 2.42. The van der Waals surface area contributed by atoms with E-state index in [1.165, 1.54) is 6.42 Å². The van der Waals surface area contributed by atoms with E-state index in [0.29, 0.717) is 5.92 Å². The average Bonchev–Trinajstić information content (AvgIpc) is 2.14. The molecule has 0 aromatic carbocycles. The van der Waals surface area contributed by atoms with E-state index in [1.807, 2.05) is 20.8 Å². The molecule has 3 saturated carbocycles. The topological polar surface area (TPSA) is 58.6 Å². The molecule has 4 heteroatoms. The van der Waals surface area contributed by atoms with Gasteiger partial charge >= 0.3 is 6.09 Å². The Labute approximate surface area is 103 Å². The molecular weight excluding hydrogens is 218 g/mol. The highest BCUT2D eigenvalue weighted by atomic mass is 16.6. The molecule has 3 rings (SSSR count). The molecule has 4 nitrogen and oxygen atoms in total. The molecule has 0 aromatic heterocycles. The molecule has 0 aliphatic heterocycles. The molecule has 1 amide bonds. The highest BCUT2D eigenvalue weighted by molar-refractivity contribution is 5.68. The SMILES string of the molecule is CC(C)(C)OC(=O)N[C@@H]1C[C@H]2CC[C@@H]1[C@@H](O)C2. The van der Waals surface area contributed by atoms with E-state index in [4.69, 9.17) is 4.74 Å². The summed E-state index contributed by atoms with van der Waals surface area (Å²) in [5.74, 6) is 0.780. The van der Waals surface area contributed by atoms with Crippen molar-refractivity contribution in [1.82, 2.24) is 5.32 Å². The Hall–Kier alpha value is -0.770. The first kappa shape index (κ1) is 12.7. The Morgan fingerprint density at radius 1 is 1.29 bits per heavy atom. The number of nitrogens with one attached hydrogen (secondary N) is 1. The van der Waals surface area contributed by atoms with Crippen LogP contribution in [0.15, 0.2) is 0 Å². The molecule has 0 spiro atoms. The molecule has 3 fully saturated rings. The number of fused-ring (bicyclic) bond motifs is 3. The molecule has 2 bridgehead atoms. The van der Waals surface area contributed by atoms with Crippen LogP contribution in [0.4, 0.5) is 4.79 Å². The lowest BCUT2D eigenvalue weighted by Gasteiger charge is -2.45. The quantitative estimate of drug-likeness (QED) is 0.738. The number of hydrogen-bond donors (Lipinski definition) is 2. The van der Waals surface area contributed by atoms with E-state index >= 15 is 0 Å². The van der Waals surface area contributed by atoms with Gasteiger partial charge in [0, 0.05) is 12.0 Å². The third-order valence-electron chi connectivity index (χ3n) is 3.78. The van der Waals surface area contributed by atoms with Crippen molar-refractivity contribution in [1.29, 1.82) is 0 Å². The van der Waals surface area contributed by atoms with Gasteiger partial charge in [-0.3, -0.25) is 0 Å². The molecule has 4 atom stereocenters. The normalized spacial score (nSPS) is 36.7. The van der Waals surface area contributed by atoms with E-state index in [-0.39, 0.29) is 24.2 Å². The number of alkyl carbamates (subject to hydrolysis) is 1. The molecule has 3 aliphatic rings. The first-order valence-electron chi connectivity index (χ1n) is 6.53. The van der Waals surface area contributed by atoms with Crippen LogP contribution in [0.25, 0.3) is 0 Å². The van der Waals surface area contributed by atoms with Crippen molar-refractivity contribution >= 4 is 6.09 Å². The van der Waals surface area contributed by atoms with Gasteiger partial charge in [-0.05, 0) is 52.4 Å². The number of aliphatic hydroxyl groups is 1. The number of ether oxygens (including phenoxy) is 1. The third-order valence-corrected chi connectivity index (χ3v) is 3.78. The number of rotatable bonds is 1. The van der Waals surface area contributed by atoms with Gasteiger partial charge in [-0.2, -0.15) is 0 Å². The lowest BCUT2D eigenvalue weighted by molar-refractivity contribution is -0.0237. The number of amides is 1. The van der Waals surface area contributed by atoms with Crippen LogP contribution in [0.1, 0.15) is 46.5 Å². The van der Waals surface area contributed by atoms with E-state index in [0.717, 1.165) is 19.3 Å². The fraction of sp³-hybridized carbons (Fsp3) is 0.923. The first-order valence-corrected chi connectivity index (χ1v) is 6.53. The summed E-state index contributed by atoms with van der Waals surface area (Å²) in [7, 11) is 0. The van der Waals surface area contributed by atoms with Gasteiger partial charge in [-0.1, -0.05) is 0 Å². The summed E-state index contributed by atoms with van der Waals surface area (Å²) in [6, 6.07) is 0.0901. The molecule has 0 saturated heterocycles. The zero-order chi connectivity index (χ0) is 12.6. The molecule has 2 N–H and O–H groups in total. The van der Waals surface area contributed by atoms with Gasteiger partial charge in [0.1, 0.15) is 5.60 Å². The van der Waals surface area contributed by atoms with Crippen LogP contribution in [-0.4, -0.2) is 28.9 Å². The summed E-state index contributed by atoms with van der Waals surface area (Å²) < 4.78 is 5.25. The highest BCUT2D eigenvalue weighted by Crippen LogP contribution is 2.41. The standard InChI is InChI=1S/C13H23NO3/c1-13(2,3)17-12(16)14-10-6-8-4-5-9(10)11(15)7-8/h8-11,15H,4-7H2,1-3H3,(H,14,16)/t8-,9+,10-,11+/m1/s1. The Balaban J connectivity index is 1.89. The van der Waals surface area contributed by atoms with E-state index in [1.54, 1.807) is 0 Å². The summed E-state index contributed by atoms with van der Waals surface area (Å²) in [6.07, 6.45) is 3.49. The second-order valence-corrected chi connectivity index (χ2v) is 6.40. The molecule has 0 aromatic rings. The van der Waals surface area contributed by atoms with Crippen molar-refractivity contribution in [3.05, 3.63) is 0 Å². The Morgan fingerprint density at radius 3 is 2.53 bits per heavy atom. The van der Waals surface area contributed by atoms with Gasteiger partial charge in [0.15, 0.2) is 0 Å². The molecule has 17 heavy (non-hydrogen) atoms. The van der Waals surface area contributed by atoms with Crippen LogP contribution in [0.2, 0.25) is 0 Å². The van der Waals surface area contributed by atoms with Crippen LogP contribution in [-0.2, 0) is 4.74 Å². The van der Waals surface area contributed by atoms with Crippen molar-refractivity contribution in [3.63, 3.8) is 0 Å². The Morgan fingerprint density at radius 2 is 2.00 bits per heavy atom. The molecule has 0 heterocycles. The number of carbonyl (C=O) groups is 1. The third kappa shape index (κ3) is 3.12. The van der Waals surface area contributed by atoms with Gasteiger partial charge in [0.2, 0.25) is 0 Å². The maximum absolute atomic E-state index is 11.7. The largest absolute Gasteiger partial charge is 0.444 e. The number of hydrogen-bond acceptors (Lipinski definition) is 3. The van der Waals surface area contributed by atoms with Crippen molar-refractivity contribution < 1.29 is 14.6 Å². The predicted molar refractivity (Wildman–Crippen MR) is 64.6 cm³/mol. The smallest absolute Gasteiger partial charge is 0.407 e. The van der Waals surface area contributed by atoms with Gasteiger partial charge in [0.25, 0.3) is 0 Å². The molecule has 0 unspecified atom stereocenters. The average molecular weight is 241 g/mol. The van der Waals surface area contributed by atoms with Gasteiger partial charge in [0.05, 0.1) is 6.10 Å². The van der Waals surface area contributed by atoms with Gasteiger partial charge < -0.3 is 15.2 Å². The van der Waals surface area contributed by atoms with Gasteiger partial charge in [-0.15, -0.1) is 0 Å². The molecule has 98 valence electrons. The fourth-order valence-corrected chi connectivity index (χ4v) is 3.10. The number of carbonyl (C=O) groups excluding carboxylic acids is 1. The second kappa shape index (κ2) is 4.48. The maximum Gasteiger partial charge on any atom is 0.407 e. The Bertz CT molecular complexity index is 298. The summed E-state index contributed by atoms with van der Waals surface area (Å²) in [5, 5.41) is 12.8.